The van der Waals surface area contributed by atoms with E-state index < -0.39 is 5.97 Å². The number of benzene rings is 2. The van der Waals surface area contributed by atoms with Crippen LogP contribution in [0.3, 0.4) is 0 Å². The molecule has 3 rings (SSSR count). The topological polar surface area (TPSA) is 75.9 Å². The van der Waals surface area contributed by atoms with E-state index in [1.807, 2.05) is 18.2 Å². The van der Waals surface area contributed by atoms with Crippen molar-refractivity contribution in [3.05, 3.63) is 59.1 Å². The van der Waals surface area contributed by atoms with Crippen molar-refractivity contribution in [3.63, 3.8) is 0 Å². The van der Waals surface area contributed by atoms with E-state index in [1.165, 1.54) is 18.2 Å². The van der Waals surface area contributed by atoms with Crippen molar-refractivity contribution >= 4 is 34.9 Å². The van der Waals surface area contributed by atoms with Crippen LogP contribution in [-0.2, 0) is 9.53 Å². The first-order valence-electron chi connectivity index (χ1n) is 8.34. The van der Waals surface area contributed by atoms with Crippen LogP contribution >= 0.6 is 11.6 Å². The first-order chi connectivity index (χ1) is 12.5. The fourth-order valence-electron chi connectivity index (χ4n) is 2.83. The van der Waals surface area contributed by atoms with Crippen LogP contribution in [-0.4, -0.2) is 49.6 Å². The summed E-state index contributed by atoms with van der Waals surface area (Å²) in [6.07, 6.45) is 0. The zero-order chi connectivity index (χ0) is 18.5. The van der Waals surface area contributed by atoms with E-state index in [2.05, 4.69) is 17.0 Å². The van der Waals surface area contributed by atoms with Crippen molar-refractivity contribution in [1.29, 1.82) is 0 Å². The average molecular weight is 374 g/mol. The molecule has 26 heavy (non-hydrogen) atoms. The molecular weight excluding hydrogens is 354 g/mol. The molecule has 1 aliphatic rings. The quantitative estimate of drug-likeness (QED) is 0.658. The van der Waals surface area contributed by atoms with Gasteiger partial charge in [0.25, 0.3) is 5.91 Å². The van der Waals surface area contributed by atoms with Crippen molar-refractivity contribution in [2.45, 2.75) is 0 Å². The minimum absolute atomic E-state index is 0.201. The van der Waals surface area contributed by atoms with Gasteiger partial charge in [0, 0.05) is 31.9 Å². The summed E-state index contributed by atoms with van der Waals surface area (Å²) in [7, 11) is 0. The van der Waals surface area contributed by atoms with E-state index >= 15 is 0 Å². The van der Waals surface area contributed by atoms with Crippen molar-refractivity contribution in [2.75, 3.05) is 43.4 Å². The van der Waals surface area contributed by atoms with E-state index in [1.54, 1.807) is 4.90 Å². The SMILES string of the molecule is Nc1cc(C(=O)OCC(=O)N2CCN(c3ccccc3)CC2)ccc1Cl. The Bertz CT molecular complexity index is 790. The normalized spacial score (nSPS) is 14.2. The van der Waals surface area contributed by atoms with Crippen LogP contribution in [0.5, 0.6) is 0 Å². The molecular formula is C19H20ClN3O3. The summed E-state index contributed by atoms with van der Waals surface area (Å²) in [6.45, 7) is 2.40. The fraction of sp³-hybridized carbons (Fsp3) is 0.263. The molecule has 0 saturated carbocycles. The molecule has 2 aromatic rings. The number of hydrogen-bond acceptors (Lipinski definition) is 5. The predicted molar refractivity (Wildman–Crippen MR) is 101 cm³/mol. The lowest BCUT2D eigenvalue weighted by atomic mass is 10.2. The van der Waals surface area contributed by atoms with E-state index in [-0.39, 0.29) is 18.1 Å². The molecule has 0 aromatic heterocycles. The third-order valence-electron chi connectivity index (χ3n) is 4.31. The molecule has 1 amide bonds. The number of nitrogens with two attached hydrogens (primary N) is 1. The average Bonchev–Trinajstić information content (AvgIpc) is 2.68. The van der Waals surface area contributed by atoms with Gasteiger partial charge in [-0.1, -0.05) is 29.8 Å². The molecule has 0 spiro atoms. The van der Waals surface area contributed by atoms with E-state index in [0.29, 0.717) is 23.8 Å². The Morgan fingerprint density at radius 1 is 1.04 bits per heavy atom. The number of amides is 1. The second kappa shape index (κ2) is 8.10. The van der Waals surface area contributed by atoms with Crippen LogP contribution in [0.25, 0.3) is 0 Å². The van der Waals surface area contributed by atoms with Gasteiger partial charge in [0.15, 0.2) is 6.61 Å². The Kier molecular flexibility index (Phi) is 5.63. The van der Waals surface area contributed by atoms with Gasteiger partial charge in [0.1, 0.15) is 0 Å². The first kappa shape index (κ1) is 18.1. The molecule has 0 aliphatic carbocycles. The number of nitrogen functional groups attached to an aromatic ring is 1. The van der Waals surface area contributed by atoms with E-state index in [0.717, 1.165) is 18.8 Å². The highest BCUT2D eigenvalue weighted by Gasteiger charge is 2.22. The summed E-state index contributed by atoms with van der Waals surface area (Å²) in [6, 6.07) is 14.6. The predicted octanol–water partition coefficient (Wildman–Crippen LogP) is 2.43. The molecule has 1 aliphatic heterocycles. The number of esters is 1. The maximum absolute atomic E-state index is 12.3. The monoisotopic (exact) mass is 373 g/mol. The molecule has 2 N–H and O–H groups in total. The van der Waals surface area contributed by atoms with Crippen molar-refractivity contribution in [2.24, 2.45) is 0 Å². The summed E-state index contributed by atoms with van der Waals surface area (Å²) in [5, 5.41) is 0.369. The molecule has 0 atom stereocenters. The zero-order valence-electron chi connectivity index (χ0n) is 14.2. The van der Waals surface area contributed by atoms with E-state index in [9.17, 15) is 9.59 Å². The largest absolute Gasteiger partial charge is 0.452 e. The third-order valence-corrected chi connectivity index (χ3v) is 4.66. The standard InChI is InChI=1S/C19H20ClN3O3/c20-16-7-6-14(12-17(16)21)19(25)26-13-18(24)23-10-8-22(9-11-23)15-4-2-1-3-5-15/h1-7,12H,8-11,13,21H2. The number of hydrogen-bond donors (Lipinski definition) is 1. The molecule has 0 bridgehead atoms. The van der Waals surface area contributed by atoms with Gasteiger partial charge in [0.05, 0.1) is 16.3 Å². The van der Waals surface area contributed by atoms with Gasteiger partial charge in [-0.2, -0.15) is 0 Å². The molecule has 1 saturated heterocycles. The van der Waals surface area contributed by atoms with Crippen LogP contribution < -0.4 is 10.6 Å². The van der Waals surface area contributed by atoms with Gasteiger partial charge in [-0.15, -0.1) is 0 Å². The molecule has 0 unspecified atom stereocenters. The molecule has 136 valence electrons. The van der Waals surface area contributed by atoms with Crippen LogP contribution in [0.2, 0.25) is 5.02 Å². The molecule has 7 heteroatoms. The van der Waals surface area contributed by atoms with Gasteiger partial charge < -0.3 is 20.3 Å². The molecule has 2 aromatic carbocycles. The number of ether oxygens (including phenoxy) is 1. The number of carbonyl (C=O) groups excluding carboxylic acids is 2. The van der Waals surface area contributed by atoms with Gasteiger partial charge >= 0.3 is 5.97 Å². The van der Waals surface area contributed by atoms with Crippen molar-refractivity contribution in [1.82, 2.24) is 4.90 Å². The lowest BCUT2D eigenvalue weighted by molar-refractivity contribution is -0.134. The number of anilines is 2. The summed E-state index contributed by atoms with van der Waals surface area (Å²) < 4.78 is 5.11. The Balaban J connectivity index is 1.48. The highest BCUT2D eigenvalue weighted by Crippen LogP contribution is 2.20. The highest BCUT2D eigenvalue weighted by atomic mass is 35.5. The van der Waals surface area contributed by atoms with Crippen molar-refractivity contribution in [3.8, 4) is 0 Å². The lowest BCUT2D eigenvalue weighted by Gasteiger charge is -2.36. The number of carbonyl (C=O) groups is 2. The lowest BCUT2D eigenvalue weighted by Crippen LogP contribution is -2.49. The van der Waals surface area contributed by atoms with Crippen molar-refractivity contribution < 1.29 is 14.3 Å². The smallest absolute Gasteiger partial charge is 0.338 e. The number of para-hydroxylation sites is 1. The minimum atomic E-state index is -0.593. The molecule has 1 heterocycles. The second-order valence-corrected chi connectivity index (χ2v) is 6.42. The van der Waals surface area contributed by atoms with Crippen LogP contribution in [0.4, 0.5) is 11.4 Å². The highest BCUT2D eigenvalue weighted by molar-refractivity contribution is 6.33. The van der Waals surface area contributed by atoms with E-state index in [4.69, 9.17) is 22.1 Å². The minimum Gasteiger partial charge on any atom is -0.452 e. The summed E-state index contributed by atoms with van der Waals surface area (Å²) >= 11 is 5.83. The second-order valence-electron chi connectivity index (χ2n) is 6.02. The number of piperazine rings is 1. The Morgan fingerprint density at radius 2 is 1.73 bits per heavy atom. The first-order valence-corrected chi connectivity index (χ1v) is 8.72. The zero-order valence-corrected chi connectivity index (χ0v) is 15.0. The summed E-state index contributed by atoms with van der Waals surface area (Å²) in [5.74, 6) is -0.794. The van der Waals surface area contributed by atoms with Gasteiger partial charge in [-0.3, -0.25) is 4.79 Å². The van der Waals surface area contributed by atoms with Crippen LogP contribution in [0.1, 0.15) is 10.4 Å². The van der Waals surface area contributed by atoms with Gasteiger partial charge in [0.2, 0.25) is 0 Å². The summed E-state index contributed by atoms with van der Waals surface area (Å²) in [5.41, 5.74) is 7.39. The number of nitrogens with zero attached hydrogens (tertiary/aromatic N) is 2. The molecule has 6 nitrogen and oxygen atoms in total. The maximum atomic E-state index is 12.3. The van der Waals surface area contributed by atoms with Crippen LogP contribution in [0.15, 0.2) is 48.5 Å². The van der Waals surface area contributed by atoms with Gasteiger partial charge in [-0.05, 0) is 30.3 Å². The third kappa shape index (κ3) is 4.26. The number of rotatable bonds is 4. The molecule has 0 radical (unpaired) electrons. The maximum Gasteiger partial charge on any atom is 0.338 e. The van der Waals surface area contributed by atoms with Crippen LogP contribution in [0, 0.1) is 0 Å². The fourth-order valence-corrected chi connectivity index (χ4v) is 2.94. The van der Waals surface area contributed by atoms with Gasteiger partial charge in [-0.25, -0.2) is 4.79 Å². The summed E-state index contributed by atoms with van der Waals surface area (Å²) in [4.78, 5) is 28.3. The Morgan fingerprint density at radius 3 is 2.38 bits per heavy atom. The molecule has 1 fully saturated rings. The Labute approximate surface area is 157 Å². The Hall–Kier alpha value is -2.73. The number of halogens is 1.